The van der Waals surface area contributed by atoms with Crippen molar-refractivity contribution < 1.29 is 4.57 Å². The molecule has 0 spiro atoms. The minimum atomic E-state index is 0.556. The van der Waals surface area contributed by atoms with Gasteiger partial charge in [-0.25, -0.2) is 4.57 Å². The van der Waals surface area contributed by atoms with Crippen LogP contribution in [-0.4, -0.2) is 0 Å². The van der Waals surface area contributed by atoms with E-state index in [0.717, 1.165) is 0 Å². The fourth-order valence-corrected chi connectivity index (χ4v) is 3.02. The molecule has 0 saturated carbocycles. The molecule has 0 aliphatic rings. The molecule has 21 heavy (non-hydrogen) atoms. The summed E-state index contributed by atoms with van der Waals surface area (Å²) < 4.78 is 2.25. The number of hydrogen-bond donors (Lipinski definition) is 0. The number of rotatable bonds is 3. The molecule has 0 aliphatic carbocycles. The van der Waals surface area contributed by atoms with Gasteiger partial charge < -0.3 is 0 Å². The molecule has 1 aromatic carbocycles. The normalized spacial score (nSPS) is 11.5. The van der Waals surface area contributed by atoms with Gasteiger partial charge in [0.25, 0.3) is 0 Å². The molecule has 0 amide bonds. The molecule has 1 nitrogen and oxygen atoms in total. The predicted molar refractivity (Wildman–Crippen MR) is 90.7 cm³/mol. The molecule has 0 radical (unpaired) electrons. The highest BCUT2D eigenvalue weighted by Crippen LogP contribution is 2.27. The second-order valence-corrected chi connectivity index (χ2v) is 6.79. The van der Waals surface area contributed by atoms with Gasteiger partial charge in [-0.3, -0.25) is 0 Å². The first-order valence-electron chi connectivity index (χ1n) is 7.92. The van der Waals surface area contributed by atoms with E-state index in [0.29, 0.717) is 11.8 Å². The van der Waals surface area contributed by atoms with Crippen LogP contribution in [0.15, 0.2) is 30.5 Å². The van der Waals surface area contributed by atoms with Crippen LogP contribution in [0.2, 0.25) is 0 Å². The molecule has 0 bridgehead atoms. The Hall–Kier alpha value is -1.63. The second kappa shape index (κ2) is 6.01. The Morgan fingerprint density at radius 2 is 1.52 bits per heavy atom. The molecule has 2 aromatic rings. The second-order valence-electron chi connectivity index (χ2n) is 6.79. The van der Waals surface area contributed by atoms with E-state index in [-0.39, 0.29) is 0 Å². The zero-order chi connectivity index (χ0) is 15.7. The summed E-state index contributed by atoms with van der Waals surface area (Å²) in [5.41, 5.74) is 8.22. The maximum absolute atomic E-state index is 2.36. The largest absolute Gasteiger partial charge is 0.212 e. The summed E-state index contributed by atoms with van der Waals surface area (Å²) in [5, 5.41) is 0. The van der Waals surface area contributed by atoms with Crippen molar-refractivity contribution in [2.45, 2.75) is 53.4 Å². The van der Waals surface area contributed by atoms with E-state index in [1.807, 2.05) is 0 Å². The molecule has 1 heterocycles. The molecule has 1 aromatic heterocycles. The number of nitrogens with zero attached hydrogens (tertiary/aromatic N) is 1. The number of benzene rings is 1. The van der Waals surface area contributed by atoms with Gasteiger partial charge >= 0.3 is 0 Å². The maximum Gasteiger partial charge on any atom is 0.212 e. The van der Waals surface area contributed by atoms with Crippen LogP contribution in [-0.2, 0) is 7.05 Å². The van der Waals surface area contributed by atoms with Gasteiger partial charge in [0.1, 0.15) is 7.05 Å². The Kier molecular flexibility index (Phi) is 4.51. The SMILES string of the molecule is Cc1cc(C(C)C)ccc1-c1cc(C(C)C)c(C)c[n+]1C. The monoisotopic (exact) mass is 282 g/mol. The summed E-state index contributed by atoms with van der Waals surface area (Å²) in [6.07, 6.45) is 2.25. The molecule has 112 valence electrons. The molecule has 0 fully saturated rings. The van der Waals surface area contributed by atoms with Gasteiger partial charge in [0.05, 0.1) is 0 Å². The number of aromatic nitrogens is 1. The summed E-state index contributed by atoms with van der Waals surface area (Å²) in [4.78, 5) is 0. The number of aryl methyl sites for hydroxylation is 3. The van der Waals surface area contributed by atoms with Crippen molar-refractivity contribution in [2.24, 2.45) is 7.05 Å². The number of pyridine rings is 1. The maximum atomic E-state index is 2.36. The lowest BCUT2D eigenvalue weighted by atomic mass is 9.93. The first-order chi connectivity index (χ1) is 9.81. The lowest BCUT2D eigenvalue weighted by Gasteiger charge is -2.13. The van der Waals surface area contributed by atoms with E-state index < -0.39 is 0 Å². The van der Waals surface area contributed by atoms with Gasteiger partial charge in [-0.05, 0) is 48.4 Å². The Labute approximate surface area is 129 Å². The molecule has 0 atom stereocenters. The van der Waals surface area contributed by atoms with Crippen LogP contribution >= 0.6 is 0 Å². The Morgan fingerprint density at radius 1 is 0.857 bits per heavy atom. The summed E-state index contributed by atoms with van der Waals surface area (Å²) in [5.74, 6) is 1.14. The van der Waals surface area contributed by atoms with Crippen LogP contribution < -0.4 is 4.57 Å². The van der Waals surface area contributed by atoms with Gasteiger partial charge in [0.15, 0.2) is 6.20 Å². The Morgan fingerprint density at radius 3 is 2.05 bits per heavy atom. The van der Waals surface area contributed by atoms with Crippen LogP contribution in [0.25, 0.3) is 11.3 Å². The van der Waals surface area contributed by atoms with Crippen LogP contribution in [0.5, 0.6) is 0 Å². The van der Waals surface area contributed by atoms with Gasteiger partial charge in [-0.1, -0.05) is 39.8 Å². The summed E-state index contributed by atoms with van der Waals surface area (Å²) in [6, 6.07) is 9.23. The molecule has 0 N–H and O–H groups in total. The zero-order valence-electron chi connectivity index (χ0n) is 14.5. The van der Waals surface area contributed by atoms with E-state index in [2.05, 4.69) is 83.6 Å². The van der Waals surface area contributed by atoms with Gasteiger partial charge in [0, 0.05) is 17.2 Å². The summed E-state index contributed by atoms with van der Waals surface area (Å²) in [7, 11) is 2.14. The van der Waals surface area contributed by atoms with Crippen molar-refractivity contribution in [3.63, 3.8) is 0 Å². The quantitative estimate of drug-likeness (QED) is 0.694. The third kappa shape index (κ3) is 3.18. The fourth-order valence-electron chi connectivity index (χ4n) is 3.02. The fraction of sp³-hybridized carbons (Fsp3) is 0.450. The minimum absolute atomic E-state index is 0.556. The zero-order valence-corrected chi connectivity index (χ0v) is 14.5. The molecule has 2 rings (SSSR count). The van der Waals surface area contributed by atoms with Crippen LogP contribution in [0.1, 0.15) is 61.8 Å². The first kappa shape index (κ1) is 15.8. The molecular weight excluding hydrogens is 254 g/mol. The lowest BCUT2D eigenvalue weighted by molar-refractivity contribution is -0.660. The highest BCUT2D eigenvalue weighted by molar-refractivity contribution is 5.62. The lowest BCUT2D eigenvalue weighted by Crippen LogP contribution is -2.32. The Balaban J connectivity index is 2.59. The van der Waals surface area contributed by atoms with Crippen molar-refractivity contribution in [3.05, 3.63) is 52.7 Å². The smallest absolute Gasteiger partial charge is 0.201 e. The van der Waals surface area contributed by atoms with Crippen LogP contribution in [0.3, 0.4) is 0 Å². The van der Waals surface area contributed by atoms with Gasteiger partial charge in [-0.2, -0.15) is 0 Å². The average molecular weight is 282 g/mol. The Bertz CT molecular complexity index is 651. The van der Waals surface area contributed by atoms with Gasteiger partial charge in [-0.15, -0.1) is 0 Å². The van der Waals surface area contributed by atoms with Crippen molar-refractivity contribution in [2.75, 3.05) is 0 Å². The van der Waals surface area contributed by atoms with E-state index in [1.165, 1.54) is 33.5 Å². The topological polar surface area (TPSA) is 3.88 Å². The van der Waals surface area contributed by atoms with Gasteiger partial charge in [0.2, 0.25) is 5.69 Å². The van der Waals surface area contributed by atoms with Crippen molar-refractivity contribution in [1.29, 1.82) is 0 Å². The molecular formula is C20H28N+. The van der Waals surface area contributed by atoms with E-state index in [9.17, 15) is 0 Å². The summed E-state index contributed by atoms with van der Waals surface area (Å²) >= 11 is 0. The minimum Gasteiger partial charge on any atom is -0.201 e. The number of hydrogen-bond acceptors (Lipinski definition) is 0. The standard InChI is InChI=1S/C20H28N/c1-13(2)17-8-9-18(15(5)10-17)20-11-19(14(3)4)16(6)12-21(20)7/h8-14H,1-7H3/q+1. The van der Waals surface area contributed by atoms with E-state index >= 15 is 0 Å². The van der Waals surface area contributed by atoms with Crippen LogP contribution in [0.4, 0.5) is 0 Å². The molecule has 0 saturated heterocycles. The first-order valence-corrected chi connectivity index (χ1v) is 7.92. The van der Waals surface area contributed by atoms with Crippen molar-refractivity contribution >= 4 is 0 Å². The molecule has 0 unspecified atom stereocenters. The third-order valence-corrected chi connectivity index (χ3v) is 4.33. The average Bonchev–Trinajstić information content (AvgIpc) is 2.39. The van der Waals surface area contributed by atoms with E-state index in [4.69, 9.17) is 0 Å². The third-order valence-electron chi connectivity index (χ3n) is 4.33. The van der Waals surface area contributed by atoms with Crippen LogP contribution in [0, 0.1) is 13.8 Å². The molecule has 1 heteroatoms. The van der Waals surface area contributed by atoms with E-state index in [1.54, 1.807) is 0 Å². The highest BCUT2D eigenvalue weighted by Gasteiger charge is 2.17. The predicted octanol–water partition coefficient (Wildman–Crippen LogP) is 5.04. The van der Waals surface area contributed by atoms with Crippen molar-refractivity contribution in [1.82, 2.24) is 0 Å². The highest BCUT2D eigenvalue weighted by atomic mass is 14.9. The molecule has 0 aliphatic heterocycles. The van der Waals surface area contributed by atoms with Crippen molar-refractivity contribution in [3.8, 4) is 11.3 Å². The summed E-state index contributed by atoms with van der Waals surface area (Å²) in [6.45, 7) is 13.4.